The highest BCUT2D eigenvalue weighted by Crippen LogP contribution is 2.24. The maximum Gasteiger partial charge on any atom is 0.242 e. The van der Waals surface area contributed by atoms with Crippen LogP contribution in [-0.4, -0.2) is 35.1 Å². The molecule has 0 aromatic heterocycles. The number of thioether (sulfide) groups is 1. The van der Waals surface area contributed by atoms with Gasteiger partial charge in [0.2, 0.25) is 11.8 Å². The molecule has 0 saturated carbocycles. The molecule has 1 N–H and O–H groups in total. The molecule has 8 heteroatoms. The summed E-state index contributed by atoms with van der Waals surface area (Å²) in [5.41, 5.74) is 1.05. The van der Waals surface area contributed by atoms with E-state index in [-0.39, 0.29) is 35.7 Å². The summed E-state index contributed by atoms with van der Waals surface area (Å²) < 4.78 is 27.1. The number of carbonyl (C=O) groups is 2. The molecule has 0 heterocycles. The van der Waals surface area contributed by atoms with Crippen molar-refractivity contribution in [2.24, 2.45) is 0 Å². The van der Waals surface area contributed by atoms with Gasteiger partial charge in [-0.2, -0.15) is 0 Å². The van der Waals surface area contributed by atoms with E-state index < -0.39 is 11.9 Å². The van der Waals surface area contributed by atoms with Crippen LogP contribution in [0.1, 0.15) is 25.0 Å². The maximum absolute atomic E-state index is 13.9. The minimum atomic E-state index is -0.704. The van der Waals surface area contributed by atoms with Crippen LogP contribution in [0.3, 0.4) is 0 Å². The van der Waals surface area contributed by atoms with Crippen LogP contribution in [0.2, 0.25) is 5.02 Å². The average Bonchev–Trinajstić information content (AvgIpc) is 2.69. The maximum atomic E-state index is 13.9. The van der Waals surface area contributed by atoms with Crippen molar-refractivity contribution >= 4 is 35.2 Å². The van der Waals surface area contributed by atoms with Gasteiger partial charge in [-0.05, 0) is 43.7 Å². The SMILES string of the molecule is CCNC(=O)C(C)N(Cc1ccc(F)cc1)C(=O)CSCc1c(F)cccc1Cl. The molecular weight excluding hydrogens is 418 g/mol. The minimum Gasteiger partial charge on any atom is -0.355 e. The van der Waals surface area contributed by atoms with Crippen LogP contribution in [0.15, 0.2) is 42.5 Å². The molecule has 2 amide bonds. The Bertz CT molecular complexity index is 829. The molecule has 2 aromatic rings. The molecule has 0 saturated heterocycles. The van der Waals surface area contributed by atoms with Crippen molar-refractivity contribution in [3.8, 4) is 0 Å². The monoisotopic (exact) mass is 440 g/mol. The molecule has 2 aromatic carbocycles. The minimum absolute atomic E-state index is 0.0512. The molecular formula is C21H23ClF2N2O2S. The Hall–Kier alpha value is -2.12. The number of hydrogen-bond acceptors (Lipinski definition) is 3. The first-order valence-electron chi connectivity index (χ1n) is 9.15. The molecule has 2 rings (SSSR count). The van der Waals surface area contributed by atoms with E-state index in [1.54, 1.807) is 32.0 Å². The van der Waals surface area contributed by atoms with Gasteiger partial charge >= 0.3 is 0 Å². The van der Waals surface area contributed by atoms with Crippen LogP contribution < -0.4 is 5.32 Å². The smallest absolute Gasteiger partial charge is 0.242 e. The van der Waals surface area contributed by atoms with E-state index >= 15 is 0 Å². The van der Waals surface area contributed by atoms with Crippen LogP contribution >= 0.6 is 23.4 Å². The average molecular weight is 441 g/mol. The lowest BCUT2D eigenvalue weighted by molar-refractivity contribution is -0.138. The van der Waals surface area contributed by atoms with Crippen LogP contribution in [0, 0.1) is 11.6 Å². The van der Waals surface area contributed by atoms with E-state index in [9.17, 15) is 18.4 Å². The molecule has 0 bridgehead atoms. The number of likely N-dealkylation sites (N-methyl/N-ethyl adjacent to an activating group) is 1. The van der Waals surface area contributed by atoms with Gasteiger partial charge in [-0.3, -0.25) is 9.59 Å². The highest BCUT2D eigenvalue weighted by Gasteiger charge is 2.25. The summed E-state index contributed by atoms with van der Waals surface area (Å²) in [6, 6.07) is 9.51. The van der Waals surface area contributed by atoms with Gasteiger partial charge in [0.15, 0.2) is 0 Å². The highest BCUT2D eigenvalue weighted by molar-refractivity contribution is 7.99. The van der Waals surface area contributed by atoms with Crippen molar-refractivity contribution in [1.82, 2.24) is 10.2 Å². The lowest BCUT2D eigenvalue weighted by Gasteiger charge is -2.28. The molecule has 0 fully saturated rings. The number of benzene rings is 2. The van der Waals surface area contributed by atoms with Gasteiger partial charge in [0, 0.05) is 29.4 Å². The zero-order valence-corrected chi connectivity index (χ0v) is 17.8. The van der Waals surface area contributed by atoms with Crippen molar-refractivity contribution in [3.63, 3.8) is 0 Å². The first-order chi connectivity index (χ1) is 13.8. The van der Waals surface area contributed by atoms with Gasteiger partial charge in [-0.1, -0.05) is 29.8 Å². The molecule has 4 nitrogen and oxygen atoms in total. The number of amides is 2. The Kier molecular flexibility index (Phi) is 8.92. The van der Waals surface area contributed by atoms with E-state index in [0.29, 0.717) is 22.7 Å². The predicted octanol–water partition coefficient (Wildman–Crippen LogP) is 4.40. The number of nitrogens with one attached hydrogen (secondary N) is 1. The fourth-order valence-corrected chi connectivity index (χ4v) is 3.93. The second kappa shape index (κ2) is 11.2. The topological polar surface area (TPSA) is 49.4 Å². The standard InChI is InChI=1S/C21H23ClF2N2O2S/c1-3-25-21(28)14(2)26(11-15-7-9-16(23)10-8-15)20(27)13-29-12-17-18(22)5-4-6-19(17)24/h4-10,14H,3,11-13H2,1-2H3,(H,25,28). The molecule has 0 aliphatic rings. The van der Waals surface area contributed by atoms with Gasteiger partial charge in [0.1, 0.15) is 17.7 Å². The van der Waals surface area contributed by atoms with Crippen LogP contribution in [0.25, 0.3) is 0 Å². The Morgan fingerprint density at radius 3 is 2.48 bits per heavy atom. The zero-order chi connectivity index (χ0) is 21.4. The lowest BCUT2D eigenvalue weighted by Crippen LogP contribution is -2.48. The number of rotatable bonds is 9. The quantitative estimate of drug-likeness (QED) is 0.628. The van der Waals surface area contributed by atoms with Crippen molar-refractivity contribution < 1.29 is 18.4 Å². The third kappa shape index (κ3) is 6.72. The van der Waals surface area contributed by atoms with E-state index in [1.165, 1.54) is 40.9 Å². The van der Waals surface area contributed by atoms with E-state index in [2.05, 4.69) is 5.32 Å². The fraction of sp³-hybridized carbons (Fsp3) is 0.333. The number of halogens is 3. The van der Waals surface area contributed by atoms with E-state index in [4.69, 9.17) is 11.6 Å². The first kappa shape index (κ1) is 23.2. The molecule has 0 aliphatic carbocycles. The van der Waals surface area contributed by atoms with Crippen LogP contribution in [0.5, 0.6) is 0 Å². The number of hydrogen-bond donors (Lipinski definition) is 1. The van der Waals surface area contributed by atoms with Gasteiger partial charge in [-0.25, -0.2) is 8.78 Å². The van der Waals surface area contributed by atoms with Gasteiger partial charge in [0.25, 0.3) is 0 Å². The fourth-order valence-electron chi connectivity index (χ4n) is 2.68. The molecule has 156 valence electrons. The Morgan fingerprint density at radius 1 is 1.17 bits per heavy atom. The van der Waals surface area contributed by atoms with Crippen molar-refractivity contribution in [2.75, 3.05) is 12.3 Å². The van der Waals surface area contributed by atoms with E-state index in [1.807, 2.05) is 0 Å². The summed E-state index contributed by atoms with van der Waals surface area (Å²) in [4.78, 5) is 26.6. The lowest BCUT2D eigenvalue weighted by atomic mass is 10.1. The van der Waals surface area contributed by atoms with Gasteiger partial charge in [-0.15, -0.1) is 11.8 Å². The van der Waals surface area contributed by atoms with Crippen LogP contribution in [0.4, 0.5) is 8.78 Å². The molecule has 0 aliphatic heterocycles. The summed E-state index contributed by atoms with van der Waals surface area (Å²) in [5, 5.41) is 3.01. The molecule has 1 atom stereocenters. The normalized spacial score (nSPS) is 11.8. The van der Waals surface area contributed by atoms with Crippen molar-refractivity contribution in [2.45, 2.75) is 32.2 Å². The summed E-state index contributed by atoms with van der Waals surface area (Å²) in [7, 11) is 0. The number of carbonyl (C=O) groups excluding carboxylic acids is 2. The van der Waals surface area contributed by atoms with Gasteiger partial charge < -0.3 is 10.2 Å². The third-order valence-electron chi connectivity index (χ3n) is 4.32. The van der Waals surface area contributed by atoms with Crippen LogP contribution in [-0.2, 0) is 21.9 Å². The van der Waals surface area contributed by atoms with E-state index in [0.717, 1.165) is 0 Å². The first-order valence-corrected chi connectivity index (χ1v) is 10.7. The highest BCUT2D eigenvalue weighted by atomic mass is 35.5. The molecule has 0 radical (unpaired) electrons. The van der Waals surface area contributed by atoms with Crippen molar-refractivity contribution in [3.05, 3.63) is 70.2 Å². The molecule has 1 unspecified atom stereocenters. The summed E-state index contributed by atoms with van der Waals surface area (Å²) in [6.07, 6.45) is 0. The Morgan fingerprint density at radius 2 is 1.86 bits per heavy atom. The summed E-state index contributed by atoms with van der Waals surface area (Å²) >= 11 is 7.24. The predicted molar refractivity (Wildman–Crippen MR) is 113 cm³/mol. The molecule has 0 spiro atoms. The Balaban J connectivity index is 2.08. The summed E-state index contributed by atoms with van der Waals surface area (Å²) in [5.74, 6) is -1.06. The molecule has 29 heavy (non-hydrogen) atoms. The summed E-state index contributed by atoms with van der Waals surface area (Å²) in [6.45, 7) is 4.05. The second-order valence-electron chi connectivity index (χ2n) is 6.41. The largest absolute Gasteiger partial charge is 0.355 e. The Labute approximate surface area is 178 Å². The number of nitrogens with zero attached hydrogens (tertiary/aromatic N) is 1. The van der Waals surface area contributed by atoms with Gasteiger partial charge in [0.05, 0.1) is 5.75 Å². The third-order valence-corrected chi connectivity index (χ3v) is 5.62. The second-order valence-corrected chi connectivity index (χ2v) is 7.80. The van der Waals surface area contributed by atoms with Crippen molar-refractivity contribution in [1.29, 1.82) is 0 Å². The zero-order valence-electron chi connectivity index (χ0n) is 16.3.